The highest BCUT2D eigenvalue weighted by atomic mass is 16.1. The largest absolute Gasteiger partial charge is 0.382 e. The van der Waals surface area contributed by atoms with Gasteiger partial charge in [0.15, 0.2) is 0 Å². The number of H-pyrrole nitrogens is 1. The number of carbonyl (C=O) groups excluding carboxylic acids is 1. The maximum absolute atomic E-state index is 13.5. The number of hydrogen-bond acceptors (Lipinski definition) is 6. The van der Waals surface area contributed by atoms with Gasteiger partial charge in [-0.25, -0.2) is 0 Å². The van der Waals surface area contributed by atoms with E-state index < -0.39 is 0 Å². The lowest BCUT2D eigenvalue weighted by Crippen LogP contribution is -2.34. The summed E-state index contributed by atoms with van der Waals surface area (Å²) in [4.78, 5) is 31.2. The summed E-state index contributed by atoms with van der Waals surface area (Å²) in [5.74, 6) is -0.277. The Bertz CT molecular complexity index is 1230. The molecular formula is C29H40N6O2. The fourth-order valence-electron chi connectivity index (χ4n) is 5.40. The number of aromatic nitrogens is 1. The number of anilines is 1. The topological polar surface area (TPSA) is 113 Å². The molecule has 198 valence electrons. The third kappa shape index (κ3) is 6.56. The number of nitrogens with zero attached hydrogens (tertiary/aromatic N) is 1. The average Bonchev–Trinajstić information content (AvgIpc) is 3.39. The van der Waals surface area contributed by atoms with Gasteiger partial charge in [-0.05, 0) is 75.1 Å². The smallest absolute Gasteiger partial charge is 0.253 e. The van der Waals surface area contributed by atoms with Crippen molar-refractivity contribution in [3.63, 3.8) is 0 Å². The van der Waals surface area contributed by atoms with Gasteiger partial charge in [-0.3, -0.25) is 14.5 Å². The summed E-state index contributed by atoms with van der Waals surface area (Å²) in [5.41, 5.74) is 6.16. The minimum absolute atomic E-state index is 0.135. The van der Waals surface area contributed by atoms with Gasteiger partial charge in [-0.2, -0.15) is 0 Å². The van der Waals surface area contributed by atoms with Crippen LogP contribution in [0, 0.1) is 19.3 Å². The van der Waals surface area contributed by atoms with Gasteiger partial charge in [0.2, 0.25) is 0 Å². The Morgan fingerprint density at radius 2 is 2.00 bits per heavy atom. The fraction of sp³-hybridized carbons (Fsp3) is 0.483. The minimum Gasteiger partial charge on any atom is -0.382 e. The Morgan fingerprint density at radius 1 is 1.22 bits per heavy atom. The second kappa shape index (κ2) is 12.3. The molecule has 0 saturated heterocycles. The normalized spacial score (nSPS) is 16.5. The molecule has 1 saturated carbocycles. The fourth-order valence-corrected chi connectivity index (χ4v) is 5.40. The molecule has 1 aliphatic heterocycles. The van der Waals surface area contributed by atoms with E-state index in [2.05, 4.69) is 38.0 Å². The zero-order valence-electron chi connectivity index (χ0n) is 22.3. The van der Waals surface area contributed by atoms with Crippen molar-refractivity contribution in [3.05, 3.63) is 68.1 Å². The molecule has 1 aromatic heterocycles. The molecule has 2 aromatic rings. The molecule has 0 unspecified atom stereocenters. The van der Waals surface area contributed by atoms with Gasteiger partial charge in [-0.15, -0.1) is 0 Å². The van der Waals surface area contributed by atoms with Gasteiger partial charge in [0.25, 0.3) is 11.5 Å². The van der Waals surface area contributed by atoms with Gasteiger partial charge < -0.3 is 26.3 Å². The van der Waals surface area contributed by atoms with Crippen molar-refractivity contribution in [2.75, 3.05) is 38.5 Å². The molecule has 0 atom stereocenters. The predicted molar refractivity (Wildman–Crippen MR) is 151 cm³/mol. The summed E-state index contributed by atoms with van der Waals surface area (Å²) >= 11 is 0. The van der Waals surface area contributed by atoms with Crippen LogP contribution in [0.15, 0.2) is 29.1 Å². The molecule has 8 nitrogen and oxygen atoms in total. The Labute approximate surface area is 219 Å². The Kier molecular flexibility index (Phi) is 8.95. The summed E-state index contributed by atoms with van der Waals surface area (Å²) in [6.45, 7) is 7.68. The van der Waals surface area contributed by atoms with E-state index in [4.69, 9.17) is 5.41 Å². The number of amides is 1. The molecule has 1 amide bonds. The molecule has 4 rings (SSSR count). The van der Waals surface area contributed by atoms with E-state index in [1.807, 2.05) is 33.0 Å². The third-order valence-corrected chi connectivity index (χ3v) is 7.55. The maximum Gasteiger partial charge on any atom is 0.253 e. The van der Waals surface area contributed by atoms with Gasteiger partial charge in [0.05, 0.1) is 5.56 Å². The monoisotopic (exact) mass is 504 g/mol. The second-order valence-corrected chi connectivity index (χ2v) is 10.3. The first-order valence-electron chi connectivity index (χ1n) is 13.4. The molecule has 2 aliphatic rings. The van der Waals surface area contributed by atoms with Crippen LogP contribution < -0.4 is 21.5 Å². The van der Waals surface area contributed by atoms with Crippen LogP contribution in [0.25, 0.3) is 5.57 Å². The number of likely N-dealkylation sites (N-methyl/N-ethyl adjacent to an activating group) is 1. The number of aryl methyl sites for hydroxylation is 2. The summed E-state index contributed by atoms with van der Waals surface area (Å²) in [6, 6.07) is 6.29. The van der Waals surface area contributed by atoms with E-state index in [1.54, 1.807) is 0 Å². The highest BCUT2D eigenvalue weighted by Crippen LogP contribution is 2.31. The van der Waals surface area contributed by atoms with E-state index in [-0.39, 0.29) is 18.0 Å². The van der Waals surface area contributed by atoms with E-state index in [9.17, 15) is 9.59 Å². The number of hydrogen-bond donors (Lipinski definition) is 5. The van der Waals surface area contributed by atoms with Crippen LogP contribution in [0.2, 0.25) is 0 Å². The molecule has 37 heavy (non-hydrogen) atoms. The Balaban J connectivity index is 1.63. The van der Waals surface area contributed by atoms with E-state index in [0.29, 0.717) is 22.7 Å². The quantitative estimate of drug-likeness (QED) is 0.318. The van der Waals surface area contributed by atoms with Crippen molar-refractivity contribution in [2.24, 2.45) is 0 Å². The molecular weight excluding hydrogens is 464 g/mol. The summed E-state index contributed by atoms with van der Waals surface area (Å²) in [7, 11) is 1.97. The third-order valence-electron chi connectivity index (χ3n) is 7.55. The molecule has 1 aromatic carbocycles. The zero-order chi connectivity index (χ0) is 26.4. The van der Waals surface area contributed by atoms with Crippen molar-refractivity contribution in [3.8, 4) is 0 Å². The molecule has 8 heteroatoms. The van der Waals surface area contributed by atoms with Gasteiger partial charge in [0.1, 0.15) is 0 Å². The number of pyridine rings is 1. The number of nitrogens with one attached hydrogen (secondary N) is 5. The van der Waals surface area contributed by atoms with Crippen molar-refractivity contribution in [1.82, 2.24) is 20.5 Å². The molecule has 1 aliphatic carbocycles. The number of carbonyl (C=O) groups is 1. The van der Waals surface area contributed by atoms with Crippen LogP contribution in [-0.2, 0) is 6.54 Å². The molecule has 0 radical (unpaired) electrons. The zero-order valence-corrected chi connectivity index (χ0v) is 22.3. The van der Waals surface area contributed by atoms with Crippen LogP contribution in [-0.4, -0.2) is 61.3 Å². The lowest BCUT2D eigenvalue weighted by atomic mass is 9.93. The van der Waals surface area contributed by atoms with Crippen LogP contribution in [0.5, 0.6) is 0 Å². The Morgan fingerprint density at radius 3 is 2.65 bits per heavy atom. The summed E-state index contributed by atoms with van der Waals surface area (Å²) in [6.07, 6.45) is 9.04. The molecule has 0 bridgehead atoms. The maximum atomic E-state index is 13.5. The molecule has 5 N–H and O–H groups in total. The first-order chi connectivity index (χ1) is 17.9. The first kappa shape index (κ1) is 26.8. The van der Waals surface area contributed by atoms with Crippen molar-refractivity contribution in [2.45, 2.75) is 58.5 Å². The van der Waals surface area contributed by atoms with Gasteiger partial charge >= 0.3 is 0 Å². The van der Waals surface area contributed by atoms with Crippen LogP contribution in [0.3, 0.4) is 0 Å². The second-order valence-electron chi connectivity index (χ2n) is 10.3. The van der Waals surface area contributed by atoms with Crippen molar-refractivity contribution >= 4 is 23.4 Å². The van der Waals surface area contributed by atoms with E-state index in [0.717, 1.165) is 67.9 Å². The number of aromatic amines is 1. The highest BCUT2D eigenvalue weighted by molar-refractivity contribution is 6.06. The number of rotatable bonds is 10. The SMILES string of the molecule is CNCCN1CC=C(c2cc(NC3CCCC3)c(C=N)c(C(=O)NCc3c(C)cc(C)[nH]c3=O)c2)CC1. The molecule has 0 spiro atoms. The van der Waals surface area contributed by atoms with Crippen LogP contribution >= 0.6 is 0 Å². The molecule has 1 fully saturated rings. The van der Waals surface area contributed by atoms with Crippen LogP contribution in [0.4, 0.5) is 5.69 Å². The Hall–Kier alpha value is -3.23. The highest BCUT2D eigenvalue weighted by Gasteiger charge is 2.22. The van der Waals surface area contributed by atoms with Crippen LogP contribution in [0.1, 0.15) is 70.4 Å². The van der Waals surface area contributed by atoms with Gasteiger partial charge in [0, 0.05) is 67.5 Å². The lowest BCUT2D eigenvalue weighted by molar-refractivity contribution is 0.0950. The average molecular weight is 505 g/mol. The standard InChI is InChI=1S/C29H40N6O2/c1-19-14-20(2)33-29(37)26(19)18-32-28(36)24-15-22(21-8-11-35(12-9-21)13-10-31-3)16-27(25(24)17-30)34-23-6-4-5-7-23/h8,14-17,23,30-31,34H,4-7,9-13,18H2,1-3H3,(H,32,36)(H,33,37). The van der Waals surface area contributed by atoms with Crippen molar-refractivity contribution < 1.29 is 4.79 Å². The lowest BCUT2D eigenvalue weighted by Gasteiger charge is -2.27. The minimum atomic E-state index is -0.277. The number of benzene rings is 1. The predicted octanol–water partition coefficient (Wildman–Crippen LogP) is 3.58. The summed E-state index contributed by atoms with van der Waals surface area (Å²) < 4.78 is 0. The molecule has 2 heterocycles. The van der Waals surface area contributed by atoms with Crippen molar-refractivity contribution in [1.29, 1.82) is 5.41 Å². The van der Waals surface area contributed by atoms with E-state index >= 15 is 0 Å². The van der Waals surface area contributed by atoms with Gasteiger partial charge in [-0.1, -0.05) is 18.9 Å². The first-order valence-corrected chi connectivity index (χ1v) is 13.4. The van der Waals surface area contributed by atoms with E-state index in [1.165, 1.54) is 24.6 Å². The summed E-state index contributed by atoms with van der Waals surface area (Å²) in [5, 5.41) is 18.0.